The minimum Gasteiger partial charge on any atom is -0.382 e. The first kappa shape index (κ1) is 16.0. The Kier molecular flexibility index (Phi) is 4.01. The van der Waals surface area contributed by atoms with Gasteiger partial charge in [0.05, 0.1) is 23.7 Å². The zero-order chi connectivity index (χ0) is 17.4. The normalized spacial score (nSPS) is 11.0. The molecule has 0 spiro atoms. The van der Waals surface area contributed by atoms with Crippen molar-refractivity contribution in [3.8, 4) is 0 Å². The number of aryl methyl sites for hydroxylation is 2. The van der Waals surface area contributed by atoms with E-state index >= 15 is 0 Å². The first-order chi connectivity index (χ1) is 11.4. The Morgan fingerprint density at radius 1 is 1.12 bits per heavy atom. The second-order valence-corrected chi connectivity index (χ2v) is 6.07. The molecule has 7 heteroatoms. The number of hydrogen-bond donors (Lipinski definition) is 1. The van der Waals surface area contributed by atoms with Crippen LogP contribution < -0.4 is 15.5 Å². The molecular formula is C17H23N7. The molecule has 0 amide bonds. The third kappa shape index (κ3) is 2.62. The van der Waals surface area contributed by atoms with E-state index < -0.39 is 0 Å². The number of aromatic nitrogens is 4. The van der Waals surface area contributed by atoms with Gasteiger partial charge in [-0.15, -0.1) is 0 Å². The molecule has 7 nitrogen and oxygen atoms in total. The van der Waals surface area contributed by atoms with Gasteiger partial charge in [-0.25, -0.2) is 15.0 Å². The molecular weight excluding hydrogens is 302 g/mol. The molecule has 0 bridgehead atoms. The molecule has 0 aliphatic carbocycles. The maximum atomic E-state index is 6.08. The number of fused-ring (bicyclic) bond motifs is 1. The van der Waals surface area contributed by atoms with E-state index in [0.717, 1.165) is 34.8 Å². The average Bonchev–Trinajstić information content (AvgIpc) is 2.95. The highest BCUT2D eigenvalue weighted by Gasteiger charge is 2.15. The van der Waals surface area contributed by atoms with Gasteiger partial charge in [0, 0.05) is 34.3 Å². The van der Waals surface area contributed by atoms with Gasteiger partial charge in [-0.1, -0.05) is 6.92 Å². The molecule has 0 fully saturated rings. The Morgan fingerprint density at radius 3 is 2.54 bits per heavy atom. The van der Waals surface area contributed by atoms with E-state index in [1.54, 1.807) is 6.33 Å². The molecule has 0 unspecified atom stereocenters. The highest BCUT2D eigenvalue weighted by atomic mass is 15.2. The van der Waals surface area contributed by atoms with Crippen LogP contribution in [0.5, 0.6) is 0 Å². The molecule has 24 heavy (non-hydrogen) atoms. The van der Waals surface area contributed by atoms with Crippen molar-refractivity contribution in [1.29, 1.82) is 0 Å². The predicted octanol–water partition coefficient (Wildman–Crippen LogP) is 2.34. The fourth-order valence-electron chi connectivity index (χ4n) is 2.74. The van der Waals surface area contributed by atoms with Gasteiger partial charge in [-0.2, -0.15) is 0 Å². The number of anilines is 4. The predicted molar refractivity (Wildman–Crippen MR) is 98.9 cm³/mol. The zero-order valence-electron chi connectivity index (χ0n) is 14.8. The van der Waals surface area contributed by atoms with Crippen LogP contribution in [-0.2, 0) is 13.5 Å². The van der Waals surface area contributed by atoms with Crippen molar-refractivity contribution in [2.45, 2.75) is 13.3 Å². The maximum Gasteiger partial charge on any atom is 0.154 e. The lowest BCUT2D eigenvalue weighted by Gasteiger charge is -2.23. The largest absolute Gasteiger partial charge is 0.382 e. The molecule has 0 aliphatic heterocycles. The summed E-state index contributed by atoms with van der Waals surface area (Å²) in [5.74, 6) is 2.15. The lowest BCUT2D eigenvalue weighted by molar-refractivity contribution is 0.946. The van der Waals surface area contributed by atoms with Gasteiger partial charge in [-0.05, 0) is 18.1 Å². The highest BCUT2D eigenvalue weighted by Crippen LogP contribution is 2.30. The molecule has 3 aromatic heterocycles. The number of rotatable bonds is 4. The third-order valence-corrected chi connectivity index (χ3v) is 4.22. The smallest absolute Gasteiger partial charge is 0.154 e. The molecule has 0 saturated heterocycles. The highest BCUT2D eigenvalue weighted by molar-refractivity contribution is 5.88. The summed E-state index contributed by atoms with van der Waals surface area (Å²) >= 11 is 0. The van der Waals surface area contributed by atoms with E-state index in [9.17, 15) is 0 Å². The van der Waals surface area contributed by atoms with E-state index in [1.807, 2.05) is 54.8 Å². The van der Waals surface area contributed by atoms with Gasteiger partial charge in [0.15, 0.2) is 5.82 Å². The summed E-state index contributed by atoms with van der Waals surface area (Å²) in [5.41, 5.74) is 10.0. The van der Waals surface area contributed by atoms with Gasteiger partial charge < -0.3 is 20.1 Å². The van der Waals surface area contributed by atoms with Gasteiger partial charge in [0.25, 0.3) is 0 Å². The Bertz CT molecular complexity index is 882. The fraction of sp³-hybridized carbons (Fsp3) is 0.353. The van der Waals surface area contributed by atoms with Gasteiger partial charge in [-0.3, -0.25) is 0 Å². The minimum absolute atomic E-state index is 0.436. The summed E-state index contributed by atoms with van der Waals surface area (Å²) in [6.45, 7) is 2.14. The molecule has 0 atom stereocenters. The van der Waals surface area contributed by atoms with Crippen molar-refractivity contribution in [3.05, 3.63) is 30.2 Å². The van der Waals surface area contributed by atoms with Crippen LogP contribution in [0, 0.1) is 0 Å². The minimum atomic E-state index is 0.436. The van der Waals surface area contributed by atoms with E-state index in [4.69, 9.17) is 5.73 Å². The van der Waals surface area contributed by atoms with Crippen LogP contribution in [0.25, 0.3) is 11.0 Å². The molecule has 3 rings (SSSR count). The molecule has 0 aliphatic rings. The maximum absolute atomic E-state index is 6.08. The summed E-state index contributed by atoms with van der Waals surface area (Å²) in [6.07, 6.45) is 4.54. The van der Waals surface area contributed by atoms with E-state index in [1.165, 1.54) is 5.56 Å². The fourth-order valence-corrected chi connectivity index (χ4v) is 2.74. The molecule has 3 aromatic rings. The van der Waals surface area contributed by atoms with Crippen LogP contribution in [0.15, 0.2) is 24.7 Å². The second kappa shape index (κ2) is 5.99. The number of nitrogens with two attached hydrogens (primary N) is 1. The van der Waals surface area contributed by atoms with Gasteiger partial charge in [0.1, 0.15) is 17.2 Å². The standard InChI is InChI=1S/C17H23N7/c1-6-11-7-14(22(2)3)19-9-13(11)24(5)15-8-12-16(17(18)21-15)20-10-23(12)4/h7-10H,6H2,1-5H3,(H2,18,21). The topological polar surface area (TPSA) is 76.1 Å². The summed E-state index contributed by atoms with van der Waals surface area (Å²) in [7, 11) is 7.91. The second-order valence-electron chi connectivity index (χ2n) is 6.07. The molecule has 3 heterocycles. The lowest BCUT2D eigenvalue weighted by atomic mass is 10.1. The third-order valence-electron chi connectivity index (χ3n) is 4.22. The van der Waals surface area contributed by atoms with Gasteiger partial charge in [0.2, 0.25) is 0 Å². The Morgan fingerprint density at radius 2 is 1.88 bits per heavy atom. The van der Waals surface area contributed by atoms with Crippen molar-refractivity contribution in [2.75, 3.05) is 36.7 Å². The van der Waals surface area contributed by atoms with Crippen LogP contribution >= 0.6 is 0 Å². The van der Waals surface area contributed by atoms with Crippen molar-refractivity contribution in [3.63, 3.8) is 0 Å². The molecule has 2 N–H and O–H groups in total. The van der Waals surface area contributed by atoms with E-state index in [2.05, 4.69) is 27.9 Å². The van der Waals surface area contributed by atoms with Gasteiger partial charge >= 0.3 is 0 Å². The quantitative estimate of drug-likeness (QED) is 0.793. The summed E-state index contributed by atoms with van der Waals surface area (Å²) in [4.78, 5) is 17.4. The molecule has 126 valence electrons. The number of nitrogen functional groups attached to an aromatic ring is 1. The van der Waals surface area contributed by atoms with E-state index in [-0.39, 0.29) is 0 Å². The number of nitrogens with zero attached hydrogens (tertiary/aromatic N) is 6. The first-order valence-electron chi connectivity index (χ1n) is 7.90. The van der Waals surface area contributed by atoms with Crippen molar-refractivity contribution in [2.24, 2.45) is 7.05 Å². The zero-order valence-corrected chi connectivity index (χ0v) is 14.8. The Balaban J connectivity index is 2.08. The monoisotopic (exact) mass is 325 g/mol. The van der Waals surface area contributed by atoms with Crippen LogP contribution in [0.4, 0.5) is 23.1 Å². The van der Waals surface area contributed by atoms with E-state index in [0.29, 0.717) is 5.82 Å². The molecule has 0 saturated carbocycles. The van der Waals surface area contributed by atoms with Crippen molar-refractivity contribution in [1.82, 2.24) is 19.5 Å². The number of pyridine rings is 2. The number of imidazole rings is 1. The Hall–Kier alpha value is -2.83. The van der Waals surface area contributed by atoms with Crippen LogP contribution in [0.3, 0.4) is 0 Å². The van der Waals surface area contributed by atoms with Crippen molar-refractivity contribution < 1.29 is 0 Å². The summed E-state index contributed by atoms with van der Waals surface area (Å²) in [6, 6.07) is 4.11. The van der Waals surface area contributed by atoms with Crippen molar-refractivity contribution >= 4 is 34.2 Å². The van der Waals surface area contributed by atoms with Crippen LogP contribution in [-0.4, -0.2) is 40.7 Å². The van der Waals surface area contributed by atoms with Crippen LogP contribution in [0.1, 0.15) is 12.5 Å². The lowest BCUT2D eigenvalue weighted by Crippen LogP contribution is -2.16. The van der Waals surface area contributed by atoms with Crippen LogP contribution in [0.2, 0.25) is 0 Å². The summed E-state index contributed by atoms with van der Waals surface area (Å²) < 4.78 is 1.94. The SMILES string of the molecule is CCc1cc(N(C)C)ncc1N(C)c1cc2c(ncn2C)c(N)n1. The summed E-state index contributed by atoms with van der Waals surface area (Å²) in [5, 5.41) is 0. The Labute approximate surface area is 141 Å². The number of hydrogen-bond acceptors (Lipinski definition) is 6. The average molecular weight is 325 g/mol. The molecule has 0 aromatic carbocycles. The first-order valence-corrected chi connectivity index (χ1v) is 7.90. The molecule has 0 radical (unpaired) electrons.